The van der Waals surface area contributed by atoms with E-state index in [-0.39, 0.29) is 19.1 Å². The van der Waals surface area contributed by atoms with Crippen molar-refractivity contribution in [2.24, 2.45) is 0 Å². The molecule has 2 aromatic carbocycles. The van der Waals surface area contributed by atoms with Crippen LogP contribution in [0.5, 0.6) is 5.75 Å². The van der Waals surface area contributed by atoms with Crippen LogP contribution in [-0.4, -0.2) is 58.7 Å². The Kier molecular flexibility index (Phi) is 7.83. The summed E-state index contributed by atoms with van der Waals surface area (Å²) in [7, 11) is 0.280. The second-order valence-electron chi connectivity index (χ2n) is 6.56. The minimum absolute atomic E-state index is 0.0718. The highest BCUT2D eigenvalue weighted by atomic mass is 32.2. The first-order chi connectivity index (χ1) is 13.3. The summed E-state index contributed by atoms with van der Waals surface area (Å²) in [6.45, 7) is 1.43. The highest BCUT2D eigenvalue weighted by molar-refractivity contribution is 7.88. The molecule has 7 nitrogen and oxygen atoms in total. The number of amides is 1. The second-order valence-corrected chi connectivity index (χ2v) is 8.65. The van der Waals surface area contributed by atoms with Crippen molar-refractivity contribution in [2.75, 3.05) is 44.9 Å². The van der Waals surface area contributed by atoms with Gasteiger partial charge in [-0.15, -0.1) is 0 Å². The minimum Gasteiger partial charge on any atom is -0.484 e. The molecular formula is C20H27N3O4S. The van der Waals surface area contributed by atoms with Crippen LogP contribution >= 0.6 is 0 Å². The first-order valence-corrected chi connectivity index (χ1v) is 10.8. The Morgan fingerprint density at radius 2 is 1.68 bits per heavy atom. The van der Waals surface area contributed by atoms with Crippen LogP contribution in [0.3, 0.4) is 0 Å². The van der Waals surface area contributed by atoms with Gasteiger partial charge < -0.3 is 15.0 Å². The molecule has 0 fully saturated rings. The molecule has 0 aliphatic rings. The fourth-order valence-electron chi connectivity index (χ4n) is 2.44. The van der Waals surface area contributed by atoms with E-state index in [0.29, 0.717) is 18.8 Å². The summed E-state index contributed by atoms with van der Waals surface area (Å²) in [5.41, 5.74) is 1.93. The normalized spacial score (nSPS) is 11.3. The second kappa shape index (κ2) is 10.1. The summed E-state index contributed by atoms with van der Waals surface area (Å²) in [6, 6.07) is 17.0. The zero-order chi connectivity index (χ0) is 20.6. The number of para-hydroxylation sites is 1. The standard InChI is InChI=1S/C20H27N3O4S/c1-22(18-7-5-4-6-8-18)14-13-21-20(24)16-27-19-11-9-17(10-12-19)15-23(2)28(3,25)26/h4-12H,13-16H2,1-3H3,(H,21,24). The molecule has 2 aromatic rings. The Hall–Kier alpha value is -2.58. The van der Waals surface area contributed by atoms with Gasteiger partial charge in [0, 0.05) is 39.4 Å². The van der Waals surface area contributed by atoms with Crippen molar-refractivity contribution in [3.63, 3.8) is 0 Å². The lowest BCUT2D eigenvalue weighted by Gasteiger charge is -2.19. The Morgan fingerprint density at radius 1 is 1.04 bits per heavy atom. The van der Waals surface area contributed by atoms with Crippen molar-refractivity contribution >= 4 is 21.6 Å². The van der Waals surface area contributed by atoms with Crippen LogP contribution in [0.2, 0.25) is 0 Å². The predicted octanol–water partition coefficient (Wildman–Crippen LogP) is 1.71. The summed E-state index contributed by atoms with van der Waals surface area (Å²) in [4.78, 5) is 14.0. The van der Waals surface area contributed by atoms with E-state index in [1.807, 2.05) is 37.4 Å². The number of likely N-dealkylation sites (N-methyl/N-ethyl adjacent to an activating group) is 1. The monoisotopic (exact) mass is 405 g/mol. The molecule has 2 rings (SSSR count). The third-order valence-electron chi connectivity index (χ3n) is 4.23. The van der Waals surface area contributed by atoms with Crippen LogP contribution in [0, 0.1) is 0 Å². The van der Waals surface area contributed by atoms with Crippen molar-refractivity contribution in [3.05, 3.63) is 60.2 Å². The Labute approximate surface area is 167 Å². The van der Waals surface area contributed by atoms with E-state index in [4.69, 9.17) is 4.74 Å². The van der Waals surface area contributed by atoms with Crippen LogP contribution in [-0.2, 0) is 21.4 Å². The molecule has 1 amide bonds. The van der Waals surface area contributed by atoms with E-state index >= 15 is 0 Å². The van der Waals surface area contributed by atoms with Gasteiger partial charge in [-0.3, -0.25) is 4.79 Å². The van der Waals surface area contributed by atoms with Crippen molar-refractivity contribution in [1.29, 1.82) is 0 Å². The number of sulfonamides is 1. The predicted molar refractivity (Wildman–Crippen MR) is 111 cm³/mol. The van der Waals surface area contributed by atoms with Crippen LogP contribution in [0.1, 0.15) is 5.56 Å². The van der Waals surface area contributed by atoms with Crippen LogP contribution in [0.25, 0.3) is 0 Å². The van der Waals surface area contributed by atoms with Gasteiger partial charge in [0.2, 0.25) is 10.0 Å². The van der Waals surface area contributed by atoms with Crippen molar-refractivity contribution in [3.8, 4) is 5.75 Å². The summed E-state index contributed by atoms with van der Waals surface area (Å²) in [5, 5.41) is 2.83. The first kappa shape index (κ1) is 21.7. The SMILES string of the molecule is CN(CCNC(=O)COc1ccc(CN(C)S(C)(=O)=O)cc1)c1ccccc1. The smallest absolute Gasteiger partial charge is 0.258 e. The summed E-state index contributed by atoms with van der Waals surface area (Å²) in [5.74, 6) is 0.365. The highest BCUT2D eigenvalue weighted by Crippen LogP contribution is 2.14. The topological polar surface area (TPSA) is 79.0 Å². The molecule has 1 N–H and O–H groups in total. The number of hydrogen-bond acceptors (Lipinski definition) is 5. The number of ether oxygens (including phenoxy) is 1. The maximum absolute atomic E-state index is 11.9. The number of carbonyl (C=O) groups excluding carboxylic acids is 1. The molecule has 0 aromatic heterocycles. The molecule has 0 aliphatic carbocycles. The van der Waals surface area contributed by atoms with Gasteiger partial charge in [-0.25, -0.2) is 12.7 Å². The van der Waals surface area contributed by atoms with Gasteiger partial charge in [0.15, 0.2) is 6.61 Å². The molecule has 0 bridgehead atoms. The summed E-state index contributed by atoms with van der Waals surface area (Å²) in [6.07, 6.45) is 1.17. The molecule has 0 heterocycles. The van der Waals surface area contributed by atoms with Crippen molar-refractivity contribution in [1.82, 2.24) is 9.62 Å². The molecular weight excluding hydrogens is 378 g/mol. The number of benzene rings is 2. The Balaban J connectivity index is 1.71. The van der Waals surface area contributed by atoms with Gasteiger partial charge in [0.05, 0.1) is 6.26 Å². The fraction of sp³-hybridized carbons (Fsp3) is 0.350. The minimum atomic E-state index is -3.22. The molecule has 8 heteroatoms. The van der Waals surface area contributed by atoms with Crippen molar-refractivity contribution in [2.45, 2.75) is 6.54 Å². The number of rotatable bonds is 10. The number of carbonyl (C=O) groups is 1. The number of nitrogens with zero attached hydrogens (tertiary/aromatic N) is 2. The van der Waals surface area contributed by atoms with E-state index in [9.17, 15) is 13.2 Å². The maximum atomic E-state index is 11.9. The first-order valence-electron chi connectivity index (χ1n) is 8.91. The number of hydrogen-bond donors (Lipinski definition) is 1. The van der Waals surface area contributed by atoms with Gasteiger partial charge >= 0.3 is 0 Å². The fourth-order valence-corrected chi connectivity index (χ4v) is 2.82. The molecule has 0 saturated heterocycles. The molecule has 0 saturated carbocycles. The number of anilines is 1. The average Bonchev–Trinajstić information content (AvgIpc) is 2.67. The molecule has 0 aliphatic heterocycles. The molecule has 0 spiro atoms. The molecule has 28 heavy (non-hydrogen) atoms. The molecule has 0 atom stereocenters. The van der Waals surface area contributed by atoms with E-state index in [1.165, 1.54) is 17.6 Å². The van der Waals surface area contributed by atoms with Gasteiger partial charge in [-0.2, -0.15) is 0 Å². The highest BCUT2D eigenvalue weighted by Gasteiger charge is 2.11. The lowest BCUT2D eigenvalue weighted by Crippen LogP contribution is -2.35. The quantitative estimate of drug-likeness (QED) is 0.651. The van der Waals surface area contributed by atoms with Crippen LogP contribution in [0.4, 0.5) is 5.69 Å². The molecule has 0 unspecified atom stereocenters. The van der Waals surface area contributed by atoms with E-state index in [2.05, 4.69) is 10.2 Å². The van der Waals surface area contributed by atoms with Crippen LogP contribution in [0.15, 0.2) is 54.6 Å². The summed E-state index contributed by atoms with van der Waals surface area (Å²) >= 11 is 0. The van der Waals surface area contributed by atoms with Crippen molar-refractivity contribution < 1.29 is 17.9 Å². The van der Waals surface area contributed by atoms with E-state index in [0.717, 1.165) is 11.3 Å². The molecule has 0 radical (unpaired) electrons. The number of nitrogens with one attached hydrogen (secondary N) is 1. The lowest BCUT2D eigenvalue weighted by molar-refractivity contribution is -0.123. The molecule has 152 valence electrons. The van der Waals surface area contributed by atoms with E-state index in [1.54, 1.807) is 24.3 Å². The largest absolute Gasteiger partial charge is 0.484 e. The average molecular weight is 406 g/mol. The van der Waals surface area contributed by atoms with Crippen LogP contribution < -0.4 is 15.0 Å². The Morgan fingerprint density at radius 3 is 2.29 bits per heavy atom. The summed E-state index contributed by atoms with van der Waals surface area (Å²) < 4.78 is 29.6. The zero-order valence-electron chi connectivity index (χ0n) is 16.5. The van der Waals surface area contributed by atoms with Gasteiger partial charge in [-0.1, -0.05) is 30.3 Å². The van der Waals surface area contributed by atoms with Gasteiger partial charge in [0.1, 0.15) is 5.75 Å². The van der Waals surface area contributed by atoms with Gasteiger partial charge in [0.25, 0.3) is 5.91 Å². The van der Waals surface area contributed by atoms with E-state index < -0.39 is 10.0 Å². The third kappa shape index (κ3) is 7.21. The third-order valence-corrected chi connectivity index (χ3v) is 5.49. The lowest BCUT2D eigenvalue weighted by atomic mass is 10.2. The van der Waals surface area contributed by atoms with Gasteiger partial charge in [-0.05, 0) is 29.8 Å². The Bertz CT molecular complexity index is 855. The zero-order valence-corrected chi connectivity index (χ0v) is 17.3. The maximum Gasteiger partial charge on any atom is 0.258 e.